The number of anilines is 2. The van der Waals surface area contributed by atoms with E-state index in [4.69, 9.17) is 39.8 Å². The number of nitrogens with one attached hydrogen (secondary N) is 4. The predicted molar refractivity (Wildman–Crippen MR) is 287 cm³/mol. The van der Waals surface area contributed by atoms with E-state index in [0.717, 1.165) is 51.7 Å². The number of hydrazine groups is 1. The smallest absolute Gasteiger partial charge is 0.439 e. The largest absolute Gasteiger partial charge is 0.573 e. The molecule has 0 amide bonds. The van der Waals surface area contributed by atoms with Crippen LogP contribution in [0.3, 0.4) is 0 Å². The summed E-state index contributed by atoms with van der Waals surface area (Å²) < 4.78 is 92.0. The first-order valence-corrected chi connectivity index (χ1v) is 23.5. The Morgan fingerprint density at radius 2 is 0.973 bits per heavy atom. The van der Waals surface area contributed by atoms with Crippen LogP contribution in [0, 0.1) is 0 Å². The van der Waals surface area contributed by atoms with E-state index in [1.807, 2.05) is 60.7 Å². The number of hydrogen-bond donors (Lipinski definition) is 5. The molecule has 13 nitrogen and oxygen atoms in total. The molecule has 2 aromatic heterocycles. The number of rotatable bonds is 13. The fourth-order valence-corrected chi connectivity index (χ4v) is 7.15. The van der Waals surface area contributed by atoms with Gasteiger partial charge in [-0.1, -0.05) is 70.2 Å². The average Bonchev–Trinajstić information content (AvgIpc) is 3.37. The van der Waals surface area contributed by atoms with E-state index >= 15 is 0 Å². The van der Waals surface area contributed by atoms with E-state index in [1.165, 1.54) is 42.0 Å². The highest BCUT2D eigenvalue weighted by molar-refractivity contribution is 7.80. The van der Waals surface area contributed by atoms with Crippen molar-refractivity contribution in [2.24, 2.45) is 10.9 Å². The Kier molecular flexibility index (Phi) is 19.4. The molecular formula is C54H48F6N8O5S2. The molecule has 0 radical (unpaired) electrons. The molecule has 6 aromatic carbocycles. The fourth-order valence-electron chi connectivity index (χ4n) is 6.88. The minimum atomic E-state index is -4.75. The predicted octanol–water partition coefficient (Wildman–Crippen LogP) is 14.1. The first kappa shape index (κ1) is 55.9. The van der Waals surface area contributed by atoms with E-state index in [-0.39, 0.29) is 17.4 Å². The maximum Gasteiger partial charge on any atom is 0.573 e. The molecule has 0 aliphatic carbocycles. The second-order valence-corrected chi connectivity index (χ2v) is 17.3. The summed E-state index contributed by atoms with van der Waals surface area (Å²) in [6, 6.07) is 43.6. The number of halogens is 6. The van der Waals surface area contributed by atoms with Crippen molar-refractivity contribution in [1.82, 2.24) is 20.8 Å². The van der Waals surface area contributed by atoms with Crippen molar-refractivity contribution < 1.29 is 50.1 Å². The second kappa shape index (κ2) is 26.0. The number of carbonyl (C=O) groups is 1. The van der Waals surface area contributed by atoms with Gasteiger partial charge in [-0.3, -0.25) is 10.2 Å². The molecule has 8 aromatic rings. The molecule has 0 spiro atoms. The number of nitrogens with zero attached hydrogens (tertiary/aromatic N) is 3. The van der Waals surface area contributed by atoms with Gasteiger partial charge in [0.15, 0.2) is 10.2 Å². The maximum atomic E-state index is 12.3. The van der Waals surface area contributed by atoms with Crippen molar-refractivity contribution in [2.45, 2.75) is 52.3 Å². The Bertz CT molecular complexity index is 3250. The third kappa shape index (κ3) is 17.9. The van der Waals surface area contributed by atoms with E-state index in [2.05, 4.69) is 85.9 Å². The Morgan fingerprint density at radius 3 is 1.40 bits per heavy atom. The summed E-state index contributed by atoms with van der Waals surface area (Å²) in [6.07, 6.45) is -7.09. The Hall–Kier alpha value is -8.40. The summed E-state index contributed by atoms with van der Waals surface area (Å²) in [7, 11) is 0. The number of alkyl halides is 6. The molecule has 21 heteroatoms. The monoisotopic (exact) mass is 1070 g/mol. The molecule has 0 unspecified atom stereocenters. The number of para-hydroxylation sites is 2. The SMILES string of the molecule is CC(C)c1ccccc1NC(=S)N/N=C/c1ccc2nc(Oc3ccc(OC(F)(F)F)cc3)ccc2c1.CC(C)c1ccccc1NC(=S)NN.O=Cc1ccc2nc(Oc3ccc(OC(F)(F)F)cc3)ccc2c1. The highest BCUT2D eigenvalue weighted by Crippen LogP contribution is 2.30. The molecular weight excluding hydrogens is 1020 g/mol. The second-order valence-electron chi connectivity index (χ2n) is 16.5. The summed E-state index contributed by atoms with van der Waals surface area (Å²) in [5.74, 6) is 6.58. The zero-order valence-corrected chi connectivity index (χ0v) is 42.0. The molecule has 2 heterocycles. The van der Waals surface area contributed by atoms with Crippen LogP contribution < -0.4 is 46.3 Å². The molecule has 0 fully saturated rings. The van der Waals surface area contributed by atoms with Gasteiger partial charge >= 0.3 is 12.7 Å². The van der Waals surface area contributed by atoms with Crippen molar-refractivity contribution in [1.29, 1.82) is 0 Å². The van der Waals surface area contributed by atoms with Crippen LogP contribution in [-0.2, 0) is 0 Å². The summed E-state index contributed by atoms with van der Waals surface area (Å²) in [5.41, 5.74) is 12.2. The third-order valence-electron chi connectivity index (χ3n) is 10.2. The van der Waals surface area contributed by atoms with E-state index in [0.29, 0.717) is 56.0 Å². The Morgan fingerprint density at radius 1 is 0.560 bits per heavy atom. The number of fused-ring (bicyclic) bond motifs is 2. The van der Waals surface area contributed by atoms with Gasteiger partial charge in [-0.2, -0.15) is 5.10 Å². The lowest BCUT2D eigenvalue weighted by Gasteiger charge is -2.14. The van der Waals surface area contributed by atoms with Crippen molar-refractivity contribution in [3.63, 3.8) is 0 Å². The normalized spacial score (nSPS) is 11.2. The lowest BCUT2D eigenvalue weighted by atomic mass is 10.0. The van der Waals surface area contributed by atoms with Gasteiger partial charge in [0.05, 0.1) is 17.2 Å². The summed E-state index contributed by atoms with van der Waals surface area (Å²) in [4.78, 5) is 19.5. The molecule has 0 bridgehead atoms. The van der Waals surface area contributed by atoms with Crippen LogP contribution in [0.15, 0.2) is 163 Å². The quantitative estimate of drug-likeness (QED) is 0.0185. The Labute approximate surface area is 438 Å². The number of nitrogens with two attached hydrogens (primary N) is 1. The number of aldehydes is 1. The molecule has 0 aliphatic rings. The van der Waals surface area contributed by atoms with E-state index in [1.54, 1.807) is 42.6 Å². The van der Waals surface area contributed by atoms with Crippen LogP contribution >= 0.6 is 24.4 Å². The highest BCUT2D eigenvalue weighted by Gasteiger charge is 2.31. The van der Waals surface area contributed by atoms with Crippen LogP contribution in [0.5, 0.6) is 34.8 Å². The van der Waals surface area contributed by atoms with E-state index < -0.39 is 12.7 Å². The lowest BCUT2D eigenvalue weighted by molar-refractivity contribution is -0.275. The average molecular weight is 1070 g/mol. The van der Waals surface area contributed by atoms with Crippen LogP contribution in [0.4, 0.5) is 37.7 Å². The number of hydrazone groups is 1. The molecule has 0 atom stereocenters. The highest BCUT2D eigenvalue weighted by atomic mass is 32.1. The van der Waals surface area contributed by atoms with Gasteiger partial charge in [-0.25, -0.2) is 15.8 Å². The fraction of sp³-hybridized carbons (Fsp3) is 0.148. The zero-order valence-electron chi connectivity index (χ0n) is 40.4. The summed E-state index contributed by atoms with van der Waals surface area (Å²) >= 11 is 10.3. The minimum Gasteiger partial charge on any atom is -0.439 e. The maximum absolute atomic E-state index is 12.3. The zero-order chi connectivity index (χ0) is 54.1. The lowest BCUT2D eigenvalue weighted by Crippen LogP contribution is -2.34. The van der Waals surface area contributed by atoms with Crippen LogP contribution in [0.2, 0.25) is 0 Å². The molecule has 0 saturated heterocycles. The first-order valence-electron chi connectivity index (χ1n) is 22.6. The molecule has 75 heavy (non-hydrogen) atoms. The standard InChI is InChI=1S/C27H23F3N4O2S.C17H10F3NO3.C10H15N3S/c1-17(2)22-5-3-4-6-24(22)33-26(37)34-31-16-18-7-13-23-19(15-18)8-14-25(32-23)35-20-9-11-21(12-10-20)36-27(28,29)30;18-17(19,20)24-14-5-3-13(4-6-14)23-16-8-2-12-9-11(10-22)1-7-15(12)21-16;1-7(2)8-5-3-4-6-9(8)12-10(14)13-11/h3-17H,1-2H3,(H2,33,34,37);1-10H;3-7H,11H2,1-2H3,(H2,12,13,14)/b31-16+;;. The number of ether oxygens (including phenoxy) is 4. The molecule has 0 saturated carbocycles. The molecule has 6 N–H and O–H groups in total. The van der Waals surface area contributed by atoms with Gasteiger partial charge in [-0.05, 0) is 156 Å². The van der Waals surface area contributed by atoms with Crippen LogP contribution in [-0.4, -0.2) is 45.4 Å². The van der Waals surface area contributed by atoms with Crippen molar-refractivity contribution in [2.75, 3.05) is 10.6 Å². The van der Waals surface area contributed by atoms with Crippen molar-refractivity contribution in [3.05, 3.63) is 180 Å². The van der Waals surface area contributed by atoms with Crippen LogP contribution in [0.1, 0.15) is 66.6 Å². The van der Waals surface area contributed by atoms with Crippen molar-refractivity contribution >= 4 is 80.3 Å². The van der Waals surface area contributed by atoms with Gasteiger partial charge in [0.2, 0.25) is 11.8 Å². The molecule has 388 valence electrons. The number of pyridine rings is 2. The number of hydrogen-bond acceptors (Lipinski definition) is 11. The summed E-state index contributed by atoms with van der Waals surface area (Å²) in [5, 5.41) is 12.9. The minimum absolute atomic E-state index is 0.283. The van der Waals surface area contributed by atoms with Gasteiger partial charge < -0.3 is 35.0 Å². The first-order chi connectivity index (χ1) is 35.7. The third-order valence-corrected chi connectivity index (χ3v) is 10.7. The number of carbonyl (C=O) groups excluding carboxylic acids is 1. The number of thiocarbonyl (C=S) groups is 2. The molecule has 0 aliphatic heterocycles. The Balaban J connectivity index is 0.000000205. The number of aromatic nitrogens is 2. The van der Waals surface area contributed by atoms with E-state index in [9.17, 15) is 31.1 Å². The van der Waals surface area contributed by atoms with Gasteiger partial charge in [0, 0.05) is 39.8 Å². The summed E-state index contributed by atoms with van der Waals surface area (Å²) in [6.45, 7) is 8.51. The number of benzene rings is 6. The van der Waals surface area contributed by atoms with Gasteiger partial charge in [-0.15, -0.1) is 26.3 Å². The van der Waals surface area contributed by atoms with Crippen LogP contribution in [0.25, 0.3) is 21.8 Å². The molecule has 8 rings (SSSR count). The topological polar surface area (TPSA) is 166 Å². The van der Waals surface area contributed by atoms with Gasteiger partial charge in [0.25, 0.3) is 0 Å². The van der Waals surface area contributed by atoms with Gasteiger partial charge in [0.1, 0.15) is 29.3 Å². The van der Waals surface area contributed by atoms with Crippen molar-refractivity contribution in [3.8, 4) is 34.8 Å².